The van der Waals surface area contributed by atoms with E-state index in [2.05, 4.69) is 20.0 Å². The Morgan fingerprint density at radius 3 is 1.68 bits per heavy atom. The second-order valence-electron chi connectivity index (χ2n) is 15.5. The van der Waals surface area contributed by atoms with E-state index in [0.717, 1.165) is 39.6 Å². The van der Waals surface area contributed by atoms with Crippen molar-refractivity contribution in [2.75, 3.05) is 46.6 Å². The molecule has 2 fully saturated rings. The van der Waals surface area contributed by atoms with Gasteiger partial charge in [0.2, 0.25) is 0 Å². The second kappa shape index (κ2) is 25.8. The number of aliphatic imine (C=N–C) groups is 1. The van der Waals surface area contributed by atoms with Crippen LogP contribution in [0.2, 0.25) is 0 Å². The number of aliphatic hydroxyl groups is 1. The first-order valence-electron chi connectivity index (χ1n) is 20.8. The van der Waals surface area contributed by atoms with Crippen LogP contribution in [0.4, 0.5) is 37.7 Å². The molecule has 6 aromatic rings. The Morgan fingerprint density at radius 2 is 1.19 bits per heavy atom. The van der Waals surface area contributed by atoms with Crippen molar-refractivity contribution in [3.63, 3.8) is 0 Å². The summed E-state index contributed by atoms with van der Waals surface area (Å²) in [5.74, 6) is 0. The third-order valence-electron chi connectivity index (χ3n) is 11.3. The maximum Gasteiger partial charge on any atom is 1.00 e. The van der Waals surface area contributed by atoms with Crippen molar-refractivity contribution < 1.29 is 71.9 Å². The molecule has 349 valence electrons. The first-order valence-corrected chi connectivity index (χ1v) is 22.6. The van der Waals surface area contributed by atoms with Crippen LogP contribution >= 0.6 is 22.7 Å². The number of aliphatic hydroxyl groups excluding tert-OH is 1. The molecular formula is C49H47BF6N6NaO3S2. The van der Waals surface area contributed by atoms with E-state index >= 15 is 0 Å². The number of halogens is 6. The van der Waals surface area contributed by atoms with Gasteiger partial charge >= 0.3 is 41.9 Å². The molecule has 2 aliphatic rings. The summed E-state index contributed by atoms with van der Waals surface area (Å²) < 4.78 is 94.6. The Balaban J connectivity index is 0.000000338. The monoisotopic (exact) mass is 979 g/mol. The molecule has 2 aromatic heterocycles. The standard InChI is InChI=1S/C24H22F3N3OS.C24H20F3N3OS.CH4O.B.Na.H/c2*1-28-19-9-5-8-18(14-19)21(24(25,26)27)29-16-23(10-12-31-13-11-23)22-30-20(15-32-22)17-6-3-2-4-7-17;1-2;;;/h2-9,14-15,21,29H,10-13,16H2;2-9,14-15H,10-13,16H2;2H,1H3;;;/q;;;;+1;-1. The van der Waals surface area contributed by atoms with Gasteiger partial charge in [-0.15, -0.1) is 22.7 Å². The molecule has 2 aliphatic heterocycles. The van der Waals surface area contributed by atoms with E-state index in [1.165, 1.54) is 71.2 Å². The fourth-order valence-corrected chi connectivity index (χ4v) is 9.91. The largest absolute Gasteiger partial charge is 1.00 e. The number of hydrogen-bond acceptors (Lipinski definition) is 9. The number of rotatable bonds is 11. The normalized spacial score (nSPS) is 15.8. The minimum atomic E-state index is -4.63. The van der Waals surface area contributed by atoms with Crippen LogP contribution < -0.4 is 34.9 Å². The van der Waals surface area contributed by atoms with Gasteiger partial charge in [-0.2, -0.15) is 26.3 Å². The van der Waals surface area contributed by atoms with E-state index in [0.29, 0.717) is 52.1 Å². The van der Waals surface area contributed by atoms with Crippen LogP contribution in [0, 0.1) is 13.1 Å². The van der Waals surface area contributed by atoms with E-state index in [1.54, 1.807) is 0 Å². The molecule has 0 bridgehead atoms. The quantitative estimate of drug-likeness (QED) is 0.0583. The predicted molar refractivity (Wildman–Crippen MR) is 253 cm³/mol. The summed E-state index contributed by atoms with van der Waals surface area (Å²) >= 11 is 2.94. The molecule has 1 unspecified atom stereocenters. The molecule has 4 heterocycles. The molecule has 2 N–H and O–H groups in total. The van der Waals surface area contributed by atoms with Crippen LogP contribution in [0.3, 0.4) is 0 Å². The van der Waals surface area contributed by atoms with Gasteiger partial charge in [0.05, 0.1) is 31.1 Å². The molecule has 3 radical (unpaired) electrons. The van der Waals surface area contributed by atoms with Crippen molar-refractivity contribution >= 4 is 48.2 Å². The van der Waals surface area contributed by atoms with Gasteiger partial charge in [0.25, 0.3) is 0 Å². The number of thiazole rings is 2. The van der Waals surface area contributed by atoms with Gasteiger partial charge in [0.1, 0.15) is 21.8 Å². The maximum atomic E-state index is 14.0. The third kappa shape index (κ3) is 14.2. The number of aromatic nitrogens is 2. The summed E-state index contributed by atoms with van der Waals surface area (Å²) in [5.41, 5.74) is 1.72. The molecular weight excluding hydrogens is 933 g/mol. The SMILES string of the molecule is CO.[B].[C-]#[N+]c1cccc(C(=NCC2(c3nc(-c4ccccc4)cs3)CCOCC2)C(F)(F)F)c1.[C-]#[N+]c1cccc(C(NCC2(c3nc(-c4ccccc4)cs3)CCOCC2)C(F)(F)F)c1.[H-].[Na+]. The van der Waals surface area contributed by atoms with Crippen molar-refractivity contribution in [1.29, 1.82) is 0 Å². The first kappa shape index (κ1) is 55.9. The Morgan fingerprint density at radius 1 is 0.721 bits per heavy atom. The Labute approximate surface area is 425 Å². The van der Waals surface area contributed by atoms with Gasteiger partial charge in [-0.25, -0.2) is 19.7 Å². The summed E-state index contributed by atoms with van der Waals surface area (Å²) in [6.45, 7) is 16.1. The van der Waals surface area contributed by atoms with Gasteiger partial charge < -0.3 is 21.3 Å². The zero-order valence-corrected chi connectivity index (χ0v) is 41.0. The van der Waals surface area contributed by atoms with Gasteiger partial charge in [-0.1, -0.05) is 103 Å². The van der Waals surface area contributed by atoms with E-state index in [9.17, 15) is 26.3 Å². The second-order valence-corrected chi connectivity index (χ2v) is 17.2. The summed E-state index contributed by atoms with van der Waals surface area (Å²) in [4.78, 5) is 20.2. The molecule has 19 heteroatoms. The molecule has 68 heavy (non-hydrogen) atoms. The van der Waals surface area contributed by atoms with Crippen LogP contribution in [0.15, 0.2) is 125 Å². The first-order chi connectivity index (χ1) is 31.8. The van der Waals surface area contributed by atoms with Crippen LogP contribution in [0.1, 0.15) is 54.3 Å². The number of nitrogens with zero attached hydrogens (tertiary/aromatic N) is 5. The van der Waals surface area contributed by atoms with Gasteiger partial charge in [0.15, 0.2) is 11.4 Å². The Kier molecular flexibility index (Phi) is 21.2. The van der Waals surface area contributed by atoms with Crippen LogP contribution in [-0.4, -0.2) is 88.2 Å². The Bertz CT molecular complexity index is 2610. The van der Waals surface area contributed by atoms with Crippen molar-refractivity contribution in [2.45, 2.75) is 54.9 Å². The smallest absolute Gasteiger partial charge is 1.00 e. The van der Waals surface area contributed by atoms with Crippen LogP contribution in [-0.2, 0) is 20.3 Å². The fraction of sp³-hybridized carbons (Fsp3) is 0.327. The number of hydrogen-bond donors (Lipinski definition) is 2. The van der Waals surface area contributed by atoms with Crippen molar-refractivity contribution in [1.82, 2.24) is 15.3 Å². The molecule has 8 rings (SSSR count). The molecule has 9 nitrogen and oxygen atoms in total. The molecule has 2 saturated heterocycles. The van der Waals surface area contributed by atoms with Crippen LogP contribution in [0.25, 0.3) is 32.2 Å². The summed E-state index contributed by atoms with van der Waals surface area (Å²) in [7, 11) is 1.00. The van der Waals surface area contributed by atoms with E-state index in [1.807, 2.05) is 71.4 Å². The third-order valence-corrected chi connectivity index (χ3v) is 13.5. The molecule has 1 atom stereocenters. The molecule has 0 saturated carbocycles. The number of nitrogens with one attached hydrogen (secondary N) is 1. The van der Waals surface area contributed by atoms with Gasteiger partial charge in [-0.3, -0.25) is 4.99 Å². The average molecular weight is 980 g/mol. The molecule has 0 aliphatic carbocycles. The summed E-state index contributed by atoms with van der Waals surface area (Å²) in [5, 5.41) is 15.3. The van der Waals surface area contributed by atoms with E-state index in [4.69, 9.17) is 37.7 Å². The minimum Gasteiger partial charge on any atom is -1.00 e. The van der Waals surface area contributed by atoms with Gasteiger partial charge in [-0.05, 0) is 42.9 Å². The van der Waals surface area contributed by atoms with Crippen molar-refractivity contribution in [2.24, 2.45) is 4.99 Å². The number of benzene rings is 4. The summed E-state index contributed by atoms with van der Waals surface area (Å²) in [6.07, 6.45) is -6.85. The molecule has 0 amide bonds. The molecule has 4 aromatic carbocycles. The minimum absolute atomic E-state index is 0. The molecule has 0 spiro atoms. The zero-order valence-electron chi connectivity index (χ0n) is 38.4. The Hall–Kier alpha value is -4.73. The number of alkyl halides is 6. The predicted octanol–water partition coefficient (Wildman–Crippen LogP) is 9.11. The zero-order chi connectivity index (χ0) is 47.2. The van der Waals surface area contributed by atoms with Gasteiger partial charge in [0, 0.05) is 81.2 Å². The average Bonchev–Trinajstić information content (AvgIpc) is 4.06. The van der Waals surface area contributed by atoms with Crippen LogP contribution in [0.5, 0.6) is 0 Å². The van der Waals surface area contributed by atoms with E-state index < -0.39 is 34.9 Å². The van der Waals surface area contributed by atoms with Crippen molar-refractivity contribution in [3.05, 3.63) is 164 Å². The summed E-state index contributed by atoms with van der Waals surface area (Å²) in [6, 6.07) is 28.8. The van der Waals surface area contributed by atoms with E-state index in [-0.39, 0.29) is 75.0 Å². The fourth-order valence-electron chi connectivity index (χ4n) is 7.74. The number of ether oxygens (including phenoxy) is 2. The van der Waals surface area contributed by atoms with Crippen molar-refractivity contribution in [3.8, 4) is 22.5 Å². The maximum absolute atomic E-state index is 14.0. The topological polar surface area (TPSA) is 97.6 Å².